The summed E-state index contributed by atoms with van der Waals surface area (Å²) in [5.74, 6) is 1.77. The molecule has 0 bridgehead atoms. The van der Waals surface area contributed by atoms with Gasteiger partial charge in [-0.1, -0.05) is 43.6 Å². The lowest BCUT2D eigenvalue weighted by Crippen LogP contribution is -2.40. The molecule has 0 aliphatic carbocycles. The summed E-state index contributed by atoms with van der Waals surface area (Å²) in [4.78, 5) is 32.5. The molecule has 3 heterocycles. The number of piperidine rings is 1. The molecule has 0 saturated carbocycles. The van der Waals surface area contributed by atoms with Crippen molar-refractivity contribution in [1.29, 1.82) is 0 Å². The molecular weight excluding hydrogens is 390 g/mol. The van der Waals surface area contributed by atoms with Gasteiger partial charge < -0.3 is 4.90 Å². The van der Waals surface area contributed by atoms with Crippen LogP contribution in [0.25, 0.3) is 11.2 Å². The zero-order valence-electron chi connectivity index (χ0n) is 17.2. The molecule has 2 atom stereocenters. The van der Waals surface area contributed by atoms with Crippen molar-refractivity contribution < 1.29 is 0 Å². The molecule has 1 fully saturated rings. The Hall–Kier alpha value is -2.54. The minimum absolute atomic E-state index is 0.341. The number of anilines is 1. The summed E-state index contributed by atoms with van der Waals surface area (Å²) in [5.41, 5.74) is 1.02. The van der Waals surface area contributed by atoms with E-state index in [0.717, 1.165) is 29.2 Å². The number of aryl methyl sites for hydroxylation is 1. The third-order valence-corrected chi connectivity index (χ3v) is 6.13. The first-order valence-corrected chi connectivity index (χ1v) is 10.3. The van der Waals surface area contributed by atoms with Crippen molar-refractivity contribution in [2.45, 2.75) is 26.8 Å². The van der Waals surface area contributed by atoms with E-state index in [-0.39, 0.29) is 11.2 Å². The van der Waals surface area contributed by atoms with Gasteiger partial charge in [0.05, 0.1) is 6.54 Å². The summed E-state index contributed by atoms with van der Waals surface area (Å²) in [6, 6.07) is 7.61. The van der Waals surface area contributed by atoms with Crippen LogP contribution in [0, 0.1) is 11.8 Å². The molecule has 154 valence electrons. The first-order valence-electron chi connectivity index (χ1n) is 9.92. The number of hydrogen-bond donors (Lipinski definition) is 0. The van der Waals surface area contributed by atoms with Crippen LogP contribution >= 0.6 is 11.6 Å². The van der Waals surface area contributed by atoms with Gasteiger partial charge in [0.15, 0.2) is 11.2 Å². The largest absolute Gasteiger partial charge is 0.342 e. The standard InChI is InChI=1S/C21H26ClN5O2/c1-13-9-14(2)11-26(10-13)20-23-18-17(19(28)25(4)21(29)24(18)3)27(20)12-15-7-5-6-8-16(15)22/h5-8,13-14H,9-12H2,1-4H3. The van der Waals surface area contributed by atoms with E-state index >= 15 is 0 Å². The predicted molar refractivity (Wildman–Crippen MR) is 116 cm³/mol. The second kappa shape index (κ2) is 7.37. The van der Waals surface area contributed by atoms with Gasteiger partial charge >= 0.3 is 5.69 Å². The highest BCUT2D eigenvalue weighted by Crippen LogP contribution is 2.29. The highest BCUT2D eigenvalue weighted by molar-refractivity contribution is 6.31. The molecule has 29 heavy (non-hydrogen) atoms. The number of aromatic nitrogens is 4. The second-order valence-corrected chi connectivity index (χ2v) is 8.73. The molecule has 1 aromatic carbocycles. The van der Waals surface area contributed by atoms with E-state index in [4.69, 9.17) is 16.6 Å². The number of hydrogen-bond acceptors (Lipinski definition) is 4. The molecule has 0 spiro atoms. The first kappa shape index (κ1) is 19.8. The van der Waals surface area contributed by atoms with Gasteiger partial charge in [-0.15, -0.1) is 0 Å². The maximum absolute atomic E-state index is 13.1. The number of imidazole rings is 1. The molecule has 1 saturated heterocycles. The Labute approximate surface area is 174 Å². The van der Waals surface area contributed by atoms with Gasteiger partial charge in [0.2, 0.25) is 5.95 Å². The summed E-state index contributed by atoms with van der Waals surface area (Å²) in [6.45, 7) is 6.62. The SMILES string of the molecule is CC1CC(C)CN(c2nc3c(c(=O)n(C)c(=O)n3C)n2Cc2ccccc2Cl)C1. The Bertz CT molecular complexity index is 1180. The smallest absolute Gasteiger partial charge is 0.332 e. The molecule has 0 amide bonds. The number of nitrogens with zero attached hydrogens (tertiary/aromatic N) is 5. The van der Waals surface area contributed by atoms with E-state index in [1.54, 1.807) is 7.05 Å². The molecule has 2 aromatic heterocycles. The summed E-state index contributed by atoms with van der Waals surface area (Å²) in [5, 5.41) is 0.641. The normalized spacial score (nSPS) is 19.8. The summed E-state index contributed by atoms with van der Waals surface area (Å²) in [6.07, 6.45) is 1.17. The molecule has 1 aliphatic heterocycles. The Morgan fingerprint density at radius 1 is 1.07 bits per heavy atom. The van der Waals surface area contributed by atoms with Crippen molar-refractivity contribution in [3.05, 3.63) is 55.7 Å². The Morgan fingerprint density at radius 2 is 1.72 bits per heavy atom. The monoisotopic (exact) mass is 415 g/mol. The van der Waals surface area contributed by atoms with E-state index in [2.05, 4.69) is 18.7 Å². The van der Waals surface area contributed by atoms with Crippen LogP contribution in [0.4, 0.5) is 5.95 Å². The van der Waals surface area contributed by atoms with E-state index in [1.807, 2.05) is 28.8 Å². The van der Waals surface area contributed by atoms with E-state index < -0.39 is 0 Å². The molecular formula is C21H26ClN5O2. The third kappa shape index (κ3) is 3.37. The fraction of sp³-hybridized carbons (Fsp3) is 0.476. The Balaban J connectivity index is 1.98. The third-order valence-electron chi connectivity index (χ3n) is 5.77. The van der Waals surface area contributed by atoms with Gasteiger partial charge in [0.1, 0.15) is 0 Å². The number of rotatable bonds is 3. The van der Waals surface area contributed by atoms with Gasteiger partial charge in [0, 0.05) is 32.2 Å². The van der Waals surface area contributed by atoms with Crippen LogP contribution in [-0.2, 0) is 20.6 Å². The zero-order chi connectivity index (χ0) is 20.9. The summed E-state index contributed by atoms with van der Waals surface area (Å²) < 4.78 is 4.50. The highest BCUT2D eigenvalue weighted by Gasteiger charge is 2.28. The first-order chi connectivity index (χ1) is 13.8. The van der Waals surface area contributed by atoms with Crippen LogP contribution in [0.2, 0.25) is 5.02 Å². The van der Waals surface area contributed by atoms with Crippen LogP contribution < -0.4 is 16.1 Å². The van der Waals surface area contributed by atoms with Crippen LogP contribution in [0.3, 0.4) is 0 Å². The van der Waals surface area contributed by atoms with Crippen molar-refractivity contribution in [2.75, 3.05) is 18.0 Å². The van der Waals surface area contributed by atoms with E-state index in [1.165, 1.54) is 18.0 Å². The van der Waals surface area contributed by atoms with Crippen molar-refractivity contribution in [3.63, 3.8) is 0 Å². The topological polar surface area (TPSA) is 65.1 Å². The molecule has 7 nitrogen and oxygen atoms in total. The summed E-state index contributed by atoms with van der Waals surface area (Å²) in [7, 11) is 3.16. The number of fused-ring (bicyclic) bond motifs is 1. The summed E-state index contributed by atoms with van der Waals surface area (Å²) >= 11 is 6.42. The second-order valence-electron chi connectivity index (χ2n) is 8.32. The Morgan fingerprint density at radius 3 is 2.38 bits per heavy atom. The van der Waals surface area contributed by atoms with Crippen molar-refractivity contribution in [1.82, 2.24) is 18.7 Å². The van der Waals surface area contributed by atoms with Gasteiger partial charge in [-0.25, -0.2) is 4.79 Å². The highest BCUT2D eigenvalue weighted by atomic mass is 35.5. The van der Waals surface area contributed by atoms with Crippen LogP contribution in [0.5, 0.6) is 0 Å². The molecule has 8 heteroatoms. The van der Waals surface area contributed by atoms with Crippen LogP contribution in [0.15, 0.2) is 33.9 Å². The number of halogens is 1. The van der Waals surface area contributed by atoms with Gasteiger partial charge in [-0.2, -0.15) is 4.98 Å². The molecule has 2 unspecified atom stereocenters. The van der Waals surface area contributed by atoms with Crippen molar-refractivity contribution in [3.8, 4) is 0 Å². The van der Waals surface area contributed by atoms with Crippen LogP contribution in [-0.4, -0.2) is 31.8 Å². The number of benzene rings is 1. The van der Waals surface area contributed by atoms with Crippen molar-refractivity contribution in [2.24, 2.45) is 25.9 Å². The lowest BCUT2D eigenvalue weighted by Gasteiger charge is -2.35. The van der Waals surface area contributed by atoms with Crippen molar-refractivity contribution >= 4 is 28.7 Å². The molecule has 0 N–H and O–H groups in total. The van der Waals surface area contributed by atoms with E-state index in [0.29, 0.717) is 34.6 Å². The lowest BCUT2D eigenvalue weighted by molar-refractivity contribution is 0.352. The van der Waals surface area contributed by atoms with Gasteiger partial charge in [-0.05, 0) is 29.9 Å². The van der Waals surface area contributed by atoms with Crippen LogP contribution in [0.1, 0.15) is 25.8 Å². The zero-order valence-corrected chi connectivity index (χ0v) is 18.0. The van der Waals surface area contributed by atoms with E-state index in [9.17, 15) is 9.59 Å². The fourth-order valence-electron chi connectivity index (χ4n) is 4.45. The minimum Gasteiger partial charge on any atom is -0.342 e. The maximum atomic E-state index is 13.1. The van der Waals surface area contributed by atoms with Gasteiger partial charge in [-0.3, -0.25) is 18.5 Å². The molecule has 1 aliphatic rings. The average molecular weight is 416 g/mol. The Kier molecular flexibility index (Phi) is 5.02. The lowest BCUT2D eigenvalue weighted by atomic mass is 9.92. The molecule has 0 radical (unpaired) electrons. The predicted octanol–water partition coefficient (Wildman–Crippen LogP) is 2.62. The molecule has 4 rings (SSSR count). The van der Waals surface area contributed by atoms with Gasteiger partial charge in [0.25, 0.3) is 5.56 Å². The fourth-order valence-corrected chi connectivity index (χ4v) is 4.64. The maximum Gasteiger partial charge on any atom is 0.332 e. The molecule has 3 aromatic rings. The minimum atomic E-state index is -0.378. The quantitative estimate of drug-likeness (QED) is 0.659. The average Bonchev–Trinajstić information content (AvgIpc) is 3.05.